The minimum absolute atomic E-state index is 0.0470. The van der Waals surface area contributed by atoms with Gasteiger partial charge in [-0.2, -0.15) is 0 Å². The van der Waals surface area contributed by atoms with E-state index in [-0.39, 0.29) is 5.78 Å². The van der Waals surface area contributed by atoms with Crippen molar-refractivity contribution in [2.24, 2.45) is 9.98 Å². The van der Waals surface area contributed by atoms with Crippen LogP contribution in [-0.2, 0) is 4.79 Å². The predicted octanol–water partition coefficient (Wildman–Crippen LogP) is 0.882. The Morgan fingerprint density at radius 3 is 3.27 bits per heavy atom. The molecule has 0 aromatic heterocycles. The second-order valence-corrected chi connectivity index (χ2v) is 2.37. The van der Waals surface area contributed by atoms with Crippen molar-refractivity contribution in [2.45, 2.75) is 6.42 Å². The van der Waals surface area contributed by atoms with Gasteiger partial charge in [0.1, 0.15) is 0 Å². The molecular weight excluding hydrogens is 140 g/mol. The molecule has 0 saturated carbocycles. The zero-order chi connectivity index (χ0) is 7.68. The zero-order valence-electron chi connectivity index (χ0n) is 5.82. The van der Waals surface area contributed by atoms with E-state index in [1.54, 1.807) is 12.3 Å². The maximum Gasteiger partial charge on any atom is 0.197 e. The van der Waals surface area contributed by atoms with Gasteiger partial charge in [-0.25, -0.2) is 9.98 Å². The number of amidine groups is 1. The lowest BCUT2D eigenvalue weighted by molar-refractivity contribution is -0.108. The van der Waals surface area contributed by atoms with E-state index >= 15 is 0 Å². The molecule has 11 heavy (non-hydrogen) atoms. The van der Waals surface area contributed by atoms with Crippen molar-refractivity contribution < 1.29 is 4.79 Å². The SMILES string of the molecule is O=C1C=NC2=NC=CCC2=C1. The van der Waals surface area contributed by atoms with Crippen LogP contribution in [0.2, 0.25) is 0 Å². The van der Waals surface area contributed by atoms with E-state index in [4.69, 9.17) is 0 Å². The van der Waals surface area contributed by atoms with E-state index in [0.717, 1.165) is 12.0 Å². The molecule has 54 valence electrons. The largest absolute Gasteiger partial charge is 0.288 e. The number of hydrogen-bond donors (Lipinski definition) is 0. The summed E-state index contributed by atoms with van der Waals surface area (Å²) in [6.07, 6.45) is 7.25. The van der Waals surface area contributed by atoms with Crippen LogP contribution in [0.4, 0.5) is 0 Å². The summed E-state index contributed by atoms with van der Waals surface area (Å²) in [4.78, 5) is 18.7. The van der Waals surface area contributed by atoms with Gasteiger partial charge < -0.3 is 0 Å². The van der Waals surface area contributed by atoms with Gasteiger partial charge in [0, 0.05) is 11.8 Å². The van der Waals surface area contributed by atoms with Crippen LogP contribution in [-0.4, -0.2) is 17.8 Å². The summed E-state index contributed by atoms with van der Waals surface area (Å²) in [6.45, 7) is 0. The van der Waals surface area contributed by atoms with Gasteiger partial charge in [-0.15, -0.1) is 0 Å². The molecule has 3 nitrogen and oxygen atoms in total. The molecule has 0 radical (unpaired) electrons. The van der Waals surface area contributed by atoms with Gasteiger partial charge in [0.05, 0.1) is 6.21 Å². The van der Waals surface area contributed by atoms with Crippen LogP contribution in [0.3, 0.4) is 0 Å². The van der Waals surface area contributed by atoms with Gasteiger partial charge in [0.25, 0.3) is 0 Å². The molecule has 0 N–H and O–H groups in total. The first kappa shape index (κ1) is 6.22. The van der Waals surface area contributed by atoms with Crippen LogP contribution in [0.5, 0.6) is 0 Å². The van der Waals surface area contributed by atoms with Crippen molar-refractivity contribution in [2.75, 3.05) is 0 Å². The molecule has 0 aromatic carbocycles. The lowest BCUT2D eigenvalue weighted by Gasteiger charge is -2.09. The van der Waals surface area contributed by atoms with Crippen molar-refractivity contribution in [1.29, 1.82) is 0 Å². The second-order valence-electron chi connectivity index (χ2n) is 2.37. The van der Waals surface area contributed by atoms with Crippen LogP contribution < -0.4 is 0 Å². The molecular formula is C8H6N2O. The first-order valence-corrected chi connectivity index (χ1v) is 3.38. The topological polar surface area (TPSA) is 41.8 Å². The minimum atomic E-state index is -0.0470. The summed E-state index contributed by atoms with van der Waals surface area (Å²) in [5.74, 6) is 0.626. The van der Waals surface area contributed by atoms with Gasteiger partial charge in [-0.3, -0.25) is 4.79 Å². The number of allylic oxidation sites excluding steroid dienone is 2. The van der Waals surface area contributed by atoms with E-state index in [1.807, 2.05) is 6.08 Å². The molecule has 0 spiro atoms. The average Bonchev–Trinajstić information content (AvgIpc) is 2.04. The number of hydrogen-bond acceptors (Lipinski definition) is 3. The molecule has 2 rings (SSSR count). The summed E-state index contributed by atoms with van der Waals surface area (Å²) in [6, 6.07) is 0. The number of ketones is 1. The molecule has 0 atom stereocenters. The molecule has 2 aliphatic heterocycles. The third kappa shape index (κ3) is 1.05. The van der Waals surface area contributed by atoms with Crippen molar-refractivity contribution in [3.63, 3.8) is 0 Å². The molecule has 0 saturated heterocycles. The third-order valence-electron chi connectivity index (χ3n) is 1.56. The van der Waals surface area contributed by atoms with Crippen molar-refractivity contribution in [3.8, 4) is 0 Å². The lowest BCUT2D eigenvalue weighted by Crippen LogP contribution is -2.12. The highest BCUT2D eigenvalue weighted by molar-refractivity contribution is 6.38. The fourth-order valence-corrected chi connectivity index (χ4v) is 1.05. The highest BCUT2D eigenvalue weighted by Crippen LogP contribution is 2.14. The monoisotopic (exact) mass is 146 g/mol. The number of dihydropyridines is 1. The van der Waals surface area contributed by atoms with E-state index in [9.17, 15) is 4.79 Å². The van der Waals surface area contributed by atoms with Gasteiger partial charge in [-0.05, 0) is 12.5 Å². The summed E-state index contributed by atoms with van der Waals surface area (Å²) >= 11 is 0. The Kier molecular flexibility index (Phi) is 1.28. The average molecular weight is 146 g/mol. The Bertz CT molecular complexity index is 321. The lowest BCUT2D eigenvalue weighted by atomic mass is 10.1. The summed E-state index contributed by atoms with van der Waals surface area (Å²) in [5, 5.41) is 0. The van der Waals surface area contributed by atoms with E-state index in [0.29, 0.717) is 5.84 Å². The number of carbonyl (C=O) groups excluding carboxylic acids is 1. The fraction of sp³-hybridized carbons (Fsp3) is 0.125. The quantitative estimate of drug-likeness (QED) is 0.500. The predicted molar refractivity (Wildman–Crippen MR) is 42.8 cm³/mol. The van der Waals surface area contributed by atoms with E-state index in [1.165, 1.54) is 6.21 Å². The highest BCUT2D eigenvalue weighted by Gasteiger charge is 2.12. The summed E-state index contributed by atoms with van der Waals surface area (Å²) in [5.41, 5.74) is 0.917. The Morgan fingerprint density at radius 1 is 1.45 bits per heavy atom. The molecule has 0 amide bonds. The van der Waals surface area contributed by atoms with E-state index in [2.05, 4.69) is 9.98 Å². The van der Waals surface area contributed by atoms with Crippen LogP contribution in [0.1, 0.15) is 6.42 Å². The van der Waals surface area contributed by atoms with Gasteiger partial charge in [0.2, 0.25) is 0 Å². The normalized spacial score (nSPS) is 20.9. The molecule has 2 aliphatic rings. The molecule has 0 fully saturated rings. The summed E-state index contributed by atoms with van der Waals surface area (Å²) < 4.78 is 0. The van der Waals surface area contributed by atoms with Gasteiger partial charge in [0.15, 0.2) is 11.6 Å². The number of rotatable bonds is 0. The molecule has 0 aliphatic carbocycles. The molecule has 0 bridgehead atoms. The maximum absolute atomic E-state index is 10.8. The number of fused-ring (bicyclic) bond motifs is 1. The maximum atomic E-state index is 10.8. The Hall–Kier alpha value is -1.51. The van der Waals surface area contributed by atoms with E-state index < -0.39 is 0 Å². The molecule has 0 aromatic rings. The first-order valence-electron chi connectivity index (χ1n) is 3.38. The third-order valence-corrected chi connectivity index (χ3v) is 1.56. The Balaban J connectivity index is 2.44. The molecule has 2 heterocycles. The van der Waals surface area contributed by atoms with Gasteiger partial charge in [-0.1, -0.05) is 6.08 Å². The van der Waals surface area contributed by atoms with Crippen LogP contribution in [0.25, 0.3) is 0 Å². The second kappa shape index (κ2) is 2.27. The summed E-state index contributed by atoms with van der Waals surface area (Å²) in [7, 11) is 0. The smallest absolute Gasteiger partial charge is 0.197 e. The highest BCUT2D eigenvalue weighted by atomic mass is 16.1. The molecule has 3 heteroatoms. The molecule has 0 unspecified atom stereocenters. The number of aliphatic imine (C=N–C) groups is 2. The minimum Gasteiger partial charge on any atom is -0.288 e. The fourth-order valence-electron chi connectivity index (χ4n) is 1.05. The van der Waals surface area contributed by atoms with Gasteiger partial charge >= 0.3 is 0 Å². The van der Waals surface area contributed by atoms with Crippen LogP contribution in [0, 0.1) is 0 Å². The van der Waals surface area contributed by atoms with Crippen LogP contribution >= 0.6 is 0 Å². The number of nitrogens with zero attached hydrogens (tertiary/aromatic N) is 2. The van der Waals surface area contributed by atoms with Crippen LogP contribution in [0.15, 0.2) is 33.9 Å². The van der Waals surface area contributed by atoms with Crippen molar-refractivity contribution in [3.05, 3.63) is 23.9 Å². The Morgan fingerprint density at radius 2 is 2.36 bits per heavy atom. The number of carbonyl (C=O) groups is 1. The zero-order valence-corrected chi connectivity index (χ0v) is 5.82. The first-order chi connectivity index (χ1) is 5.36. The Labute approximate surface area is 63.9 Å². The standard InChI is InChI=1S/C8H6N2O/c11-7-4-6-2-1-3-9-8(6)10-5-7/h1,3-5H,2H2. The van der Waals surface area contributed by atoms with Crippen molar-refractivity contribution >= 4 is 17.8 Å². The van der Waals surface area contributed by atoms with Crippen molar-refractivity contribution in [1.82, 2.24) is 0 Å².